The lowest BCUT2D eigenvalue weighted by molar-refractivity contribution is -0.119. The minimum Gasteiger partial charge on any atom is -0.442 e. The van der Waals surface area contributed by atoms with E-state index in [2.05, 4.69) is 10.3 Å². The third-order valence-corrected chi connectivity index (χ3v) is 6.59. The van der Waals surface area contributed by atoms with Crippen LogP contribution in [0.2, 0.25) is 0 Å². The Kier molecular flexibility index (Phi) is 6.79. The van der Waals surface area contributed by atoms with E-state index >= 15 is 0 Å². The van der Waals surface area contributed by atoms with Gasteiger partial charge in [-0.1, -0.05) is 12.1 Å². The van der Waals surface area contributed by atoms with E-state index in [1.54, 1.807) is 48.8 Å². The molecule has 1 saturated heterocycles. The highest BCUT2D eigenvalue weighted by molar-refractivity contribution is 7.84. The second kappa shape index (κ2) is 9.91. The maximum absolute atomic E-state index is 14.9. The van der Waals surface area contributed by atoms with Gasteiger partial charge in [-0.25, -0.2) is 9.18 Å². The Morgan fingerprint density at radius 1 is 1.18 bits per heavy atom. The Balaban J connectivity index is 1.45. The number of hydrogen-bond donors (Lipinski definition) is 1. The van der Waals surface area contributed by atoms with E-state index in [-0.39, 0.29) is 19.0 Å². The second-order valence-corrected chi connectivity index (χ2v) is 9.04. The van der Waals surface area contributed by atoms with Crippen LogP contribution in [0.25, 0.3) is 11.1 Å². The van der Waals surface area contributed by atoms with Crippen molar-refractivity contribution in [3.8, 4) is 11.1 Å². The largest absolute Gasteiger partial charge is 0.442 e. The van der Waals surface area contributed by atoms with Crippen LogP contribution in [-0.2, 0) is 26.1 Å². The first-order valence-electron chi connectivity index (χ1n) is 10.3. The summed E-state index contributed by atoms with van der Waals surface area (Å²) in [5, 5.41) is 2.61. The number of pyridine rings is 1. The first kappa shape index (κ1) is 22.6. The third-order valence-electron chi connectivity index (χ3n) is 5.19. The van der Waals surface area contributed by atoms with Crippen LogP contribution in [-0.4, -0.2) is 40.4 Å². The number of carbonyl (C=O) groups excluding carboxylic acids is 2. The summed E-state index contributed by atoms with van der Waals surface area (Å²) < 4.78 is 32.7. The smallest absolute Gasteiger partial charge is 0.414 e. The molecule has 1 fully saturated rings. The number of nitrogens with one attached hydrogen (secondary N) is 1. The number of amides is 2. The molecule has 1 unspecified atom stereocenters. The average molecular weight is 468 g/mol. The number of halogens is 1. The molecule has 0 spiro atoms. The lowest BCUT2D eigenvalue weighted by Crippen LogP contribution is -2.33. The van der Waals surface area contributed by atoms with Gasteiger partial charge in [-0.05, 0) is 53.6 Å². The van der Waals surface area contributed by atoms with Gasteiger partial charge in [0.05, 0.1) is 35.3 Å². The van der Waals surface area contributed by atoms with Gasteiger partial charge in [-0.15, -0.1) is 0 Å². The Bertz CT molecular complexity index is 1190. The SMILES string of the molecule is CC(=O)NC[C@H]1CN(c2ccc(-c3ccc(S(=O)Cc4ccncc4)cc3)c(F)c2)C(=O)O1. The molecule has 0 saturated carbocycles. The van der Waals surface area contributed by atoms with Crippen LogP contribution in [0.4, 0.5) is 14.9 Å². The molecular formula is C24H22FN3O4S. The number of cyclic esters (lactones) is 1. The van der Waals surface area contributed by atoms with Crippen molar-refractivity contribution in [1.82, 2.24) is 10.3 Å². The fourth-order valence-corrected chi connectivity index (χ4v) is 4.60. The summed E-state index contributed by atoms with van der Waals surface area (Å²) >= 11 is 0. The van der Waals surface area contributed by atoms with Crippen molar-refractivity contribution < 1.29 is 22.9 Å². The summed E-state index contributed by atoms with van der Waals surface area (Å²) in [5.41, 5.74) is 2.30. The summed E-state index contributed by atoms with van der Waals surface area (Å²) in [6, 6.07) is 15.1. The topological polar surface area (TPSA) is 88.6 Å². The van der Waals surface area contributed by atoms with Gasteiger partial charge in [-0.3, -0.25) is 18.9 Å². The Hall–Kier alpha value is -3.59. The normalized spacial score (nSPS) is 16.4. The summed E-state index contributed by atoms with van der Waals surface area (Å²) in [7, 11) is -1.23. The molecule has 2 heterocycles. The fourth-order valence-electron chi connectivity index (χ4n) is 3.50. The minimum absolute atomic E-state index is 0.201. The van der Waals surface area contributed by atoms with E-state index in [0.717, 1.165) is 5.56 Å². The van der Waals surface area contributed by atoms with E-state index in [0.29, 0.717) is 27.5 Å². The van der Waals surface area contributed by atoms with Gasteiger partial charge in [0.1, 0.15) is 11.9 Å². The van der Waals surface area contributed by atoms with E-state index in [1.165, 1.54) is 17.9 Å². The predicted molar refractivity (Wildman–Crippen MR) is 122 cm³/mol. The number of nitrogens with zero attached hydrogens (tertiary/aromatic N) is 2. The third kappa shape index (κ3) is 5.43. The predicted octanol–water partition coefficient (Wildman–Crippen LogP) is 3.66. The van der Waals surface area contributed by atoms with Crippen LogP contribution in [0, 0.1) is 5.82 Å². The maximum Gasteiger partial charge on any atom is 0.414 e. The van der Waals surface area contributed by atoms with Gasteiger partial charge in [0, 0.05) is 29.8 Å². The van der Waals surface area contributed by atoms with Crippen molar-refractivity contribution >= 4 is 28.5 Å². The van der Waals surface area contributed by atoms with Gasteiger partial charge in [0.2, 0.25) is 5.91 Å². The molecule has 1 aliphatic rings. The first-order valence-corrected chi connectivity index (χ1v) is 11.6. The summed E-state index contributed by atoms with van der Waals surface area (Å²) in [5.74, 6) is -0.330. The van der Waals surface area contributed by atoms with Crippen LogP contribution in [0.15, 0.2) is 71.9 Å². The minimum atomic E-state index is -1.23. The van der Waals surface area contributed by atoms with Crippen LogP contribution >= 0.6 is 0 Å². The van der Waals surface area contributed by atoms with Crippen molar-refractivity contribution in [3.05, 3.63) is 78.4 Å². The zero-order valence-electron chi connectivity index (χ0n) is 17.9. The zero-order chi connectivity index (χ0) is 23.4. The highest BCUT2D eigenvalue weighted by atomic mass is 32.2. The van der Waals surface area contributed by atoms with Crippen molar-refractivity contribution in [2.75, 3.05) is 18.0 Å². The molecule has 0 bridgehead atoms. The quantitative estimate of drug-likeness (QED) is 0.573. The van der Waals surface area contributed by atoms with Crippen molar-refractivity contribution in [2.45, 2.75) is 23.7 Å². The number of carbonyl (C=O) groups is 2. The van der Waals surface area contributed by atoms with Crippen molar-refractivity contribution in [2.24, 2.45) is 0 Å². The fraction of sp³-hybridized carbons (Fsp3) is 0.208. The van der Waals surface area contributed by atoms with Gasteiger partial charge in [0.15, 0.2) is 0 Å². The van der Waals surface area contributed by atoms with Crippen LogP contribution in [0.1, 0.15) is 12.5 Å². The molecule has 0 radical (unpaired) electrons. The highest BCUT2D eigenvalue weighted by Crippen LogP contribution is 2.29. The lowest BCUT2D eigenvalue weighted by Gasteiger charge is -2.14. The number of anilines is 1. The summed E-state index contributed by atoms with van der Waals surface area (Å²) in [6.07, 6.45) is 2.24. The van der Waals surface area contributed by atoms with E-state index in [9.17, 15) is 18.2 Å². The molecule has 1 aliphatic heterocycles. The van der Waals surface area contributed by atoms with Crippen LogP contribution in [0.3, 0.4) is 0 Å². The molecule has 33 heavy (non-hydrogen) atoms. The monoisotopic (exact) mass is 467 g/mol. The Labute approximate surface area is 193 Å². The number of hydrogen-bond acceptors (Lipinski definition) is 5. The maximum atomic E-state index is 14.9. The van der Waals surface area contributed by atoms with Crippen LogP contribution in [0.5, 0.6) is 0 Å². The molecule has 2 amide bonds. The number of benzene rings is 2. The molecular weight excluding hydrogens is 445 g/mol. The first-order chi connectivity index (χ1) is 15.9. The average Bonchev–Trinajstić information content (AvgIpc) is 3.19. The number of ether oxygens (including phenoxy) is 1. The summed E-state index contributed by atoms with van der Waals surface area (Å²) in [6.45, 7) is 1.80. The second-order valence-electron chi connectivity index (χ2n) is 7.59. The lowest BCUT2D eigenvalue weighted by atomic mass is 10.0. The zero-order valence-corrected chi connectivity index (χ0v) is 18.7. The molecule has 2 aromatic carbocycles. The molecule has 3 aromatic rings. The van der Waals surface area contributed by atoms with E-state index in [4.69, 9.17) is 4.74 Å². The van der Waals surface area contributed by atoms with Gasteiger partial charge in [0.25, 0.3) is 0 Å². The Morgan fingerprint density at radius 2 is 1.91 bits per heavy atom. The highest BCUT2D eigenvalue weighted by Gasteiger charge is 2.32. The number of aromatic nitrogens is 1. The van der Waals surface area contributed by atoms with Gasteiger partial charge < -0.3 is 10.1 Å². The molecule has 7 nitrogen and oxygen atoms in total. The molecule has 4 rings (SSSR count). The Morgan fingerprint density at radius 3 is 2.58 bits per heavy atom. The number of rotatable bonds is 7. The van der Waals surface area contributed by atoms with Crippen molar-refractivity contribution in [3.63, 3.8) is 0 Å². The molecule has 2 atom stereocenters. The molecule has 170 valence electrons. The van der Waals surface area contributed by atoms with E-state index in [1.807, 2.05) is 12.1 Å². The molecule has 9 heteroatoms. The summed E-state index contributed by atoms with van der Waals surface area (Å²) in [4.78, 5) is 29.2. The van der Waals surface area contributed by atoms with Crippen molar-refractivity contribution in [1.29, 1.82) is 0 Å². The molecule has 1 aromatic heterocycles. The van der Waals surface area contributed by atoms with E-state index < -0.39 is 28.8 Å². The molecule has 0 aliphatic carbocycles. The van der Waals surface area contributed by atoms with Crippen LogP contribution < -0.4 is 10.2 Å². The van der Waals surface area contributed by atoms with Gasteiger partial charge >= 0.3 is 6.09 Å². The van der Waals surface area contributed by atoms with Gasteiger partial charge in [-0.2, -0.15) is 0 Å². The molecule has 1 N–H and O–H groups in total. The standard InChI is InChI=1S/C24H22FN3O4S/c1-16(29)27-13-20-14-28(24(30)32-20)19-4-7-22(23(25)12-19)18-2-5-21(6-3-18)33(31)15-17-8-10-26-11-9-17/h2-12,20H,13-15H2,1H3,(H,27,29)/t20-,33?/m0/s1.